The summed E-state index contributed by atoms with van der Waals surface area (Å²) in [5, 5.41) is 6.60. The molecule has 2 fully saturated rings. The van der Waals surface area contributed by atoms with Gasteiger partial charge in [0, 0.05) is 32.2 Å². The average molecular weight is 399 g/mol. The van der Waals surface area contributed by atoms with Crippen molar-refractivity contribution in [1.82, 2.24) is 20.4 Å². The maximum absolute atomic E-state index is 12.6. The van der Waals surface area contributed by atoms with Gasteiger partial charge >= 0.3 is 0 Å². The zero-order valence-corrected chi connectivity index (χ0v) is 18.4. The number of nitrogens with zero attached hydrogens (tertiary/aromatic N) is 2. The van der Waals surface area contributed by atoms with Crippen molar-refractivity contribution in [3.8, 4) is 0 Å². The van der Waals surface area contributed by atoms with Crippen molar-refractivity contribution in [2.24, 2.45) is 0 Å². The molecule has 2 N–H and O–H groups in total. The molecular weight excluding hydrogens is 360 g/mol. The molecule has 2 aliphatic heterocycles. The van der Waals surface area contributed by atoms with Crippen LogP contribution in [-0.2, 0) is 4.79 Å². The van der Waals surface area contributed by atoms with Crippen LogP contribution in [0.5, 0.6) is 0 Å². The Bertz CT molecular complexity index is 667. The number of carbonyl (C=O) groups excluding carboxylic acids is 1. The molecule has 2 saturated heterocycles. The molecule has 0 saturated carbocycles. The second kappa shape index (κ2) is 10.9. The third-order valence-electron chi connectivity index (χ3n) is 6.34. The quantitative estimate of drug-likeness (QED) is 0.707. The van der Waals surface area contributed by atoms with E-state index in [-0.39, 0.29) is 11.9 Å². The molecule has 0 aromatic heterocycles. The molecule has 0 spiro atoms. The lowest BCUT2D eigenvalue weighted by Gasteiger charge is -2.38. The summed E-state index contributed by atoms with van der Waals surface area (Å²) in [4.78, 5) is 17.6. The highest BCUT2D eigenvalue weighted by atomic mass is 16.2. The fraction of sp³-hybridized carbons (Fsp3) is 0.625. The first-order chi connectivity index (χ1) is 14.1. The van der Waals surface area contributed by atoms with Crippen LogP contribution in [0.15, 0.2) is 35.9 Å². The Labute approximate surface area is 176 Å². The summed E-state index contributed by atoms with van der Waals surface area (Å²) in [5.74, 6) is 0.168. The first-order valence-electron chi connectivity index (χ1n) is 11.3. The van der Waals surface area contributed by atoms with Crippen LogP contribution in [0.2, 0.25) is 0 Å². The molecule has 29 heavy (non-hydrogen) atoms. The summed E-state index contributed by atoms with van der Waals surface area (Å²) < 4.78 is 0. The highest BCUT2D eigenvalue weighted by molar-refractivity contribution is 5.82. The first-order valence-corrected chi connectivity index (χ1v) is 11.3. The number of hydrogen-bond acceptors (Lipinski definition) is 4. The predicted octanol–water partition coefficient (Wildman–Crippen LogP) is 2.74. The van der Waals surface area contributed by atoms with Crippen LogP contribution in [-0.4, -0.2) is 73.6 Å². The summed E-state index contributed by atoms with van der Waals surface area (Å²) in [6.45, 7) is 9.77. The molecule has 2 heterocycles. The average Bonchev–Trinajstić information content (AvgIpc) is 3.17. The van der Waals surface area contributed by atoms with Crippen molar-refractivity contribution >= 4 is 12.0 Å². The van der Waals surface area contributed by atoms with E-state index in [1.54, 1.807) is 7.05 Å². The number of hydrogen-bond donors (Lipinski definition) is 2. The number of benzene rings is 1. The van der Waals surface area contributed by atoms with Gasteiger partial charge in [0.05, 0.1) is 6.04 Å². The lowest BCUT2D eigenvalue weighted by atomic mass is 10.0. The lowest BCUT2D eigenvalue weighted by molar-refractivity contribution is -0.126. The molecule has 5 heteroatoms. The lowest BCUT2D eigenvalue weighted by Crippen LogP contribution is -2.51. The molecule has 2 aliphatic rings. The Morgan fingerprint density at radius 1 is 1.21 bits per heavy atom. The standard InChI is InChI=1S/C24H38N4O/c1-4-12-27-13-10-22(11-14-27)28-18-21(16-23(28)24(29)25-3)26-17-19(2)15-20-8-6-5-7-9-20/h5-9,15,21-23,26H,4,10-14,16-18H2,1-3H3,(H,25,29)/t21-,23+/m1/s1. The van der Waals surface area contributed by atoms with Crippen LogP contribution in [0.25, 0.3) is 6.08 Å². The van der Waals surface area contributed by atoms with Crippen molar-refractivity contribution in [2.75, 3.05) is 39.8 Å². The Morgan fingerprint density at radius 2 is 1.93 bits per heavy atom. The highest BCUT2D eigenvalue weighted by Crippen LogP contribution is 2.27. The van der Waals surface area contributed by atoms with Crippen LogP contribution < -0.4 is 10.6 Å². The van der Waals surface area contributed by atoms with Gasteiger partial charge in [-0.1, -0.05) is 48.9 Å². The Kier molecular flexibility index (Phi) is 8.28. The predicted molar refractivity (Wildman–Crippen MR) is 121 cm³/mol. The van der Waals surface area contributed by atoms with Gasteiger partial charge in [-0.05, 0) is 57.8 Å². The van der Waals surface area contributed by atoms with Gasteiger partial charge < -0.3 is 15.5 Å². The van der Waals surface area contributed by atoms with E-state index >= 15 is 0 Å². The molecule has 5 nitrogen and oxygen atoms in total. The van der Waals surface area contributed by atoms with E-state index in [1.807, 2.05) is 6.07 Å². The number of rotatable bonds is 8. The van der Waals surface area contributed by atoms with E-state index in [9.17, 15) is 4.79 Å². The maximum atomic E-state index is 12.6. The van der Waals surface area contributed by atoms with Crippen LogP contribution in [0.1, 0.15) is 45.1 Å². The third-order valence-corrected chi connectivity index (χ3v) is 6.34. The molecule has 1 aromatic carbocycles. The smallest absolute Gasteiger partial charge is 0.237 e. The van der Waals surface area contributed by atoms with Gasteiger partial charge in [0.1, 0.15) is 0 Å². The van der Waals surface area contributed by atoms with Crippen LogP contribution in [0.3, 0.4) is 0 Å². The van der Waals surface area contributed by atoms with E-state index in [4.69, 9.17) is 0 Å². The molecule has 0 aliphatic carbocycles. The minimum atomic E-state index is -0.00126. The van der Waals surface area contributed by atoms with Gasteiger partial charge in [0.2, 0.25) is 5.91 Å². The fourth-order valence-corrected chi connectivity index (χ4v) is 4.82. The molecule has 1 aromatic rings. The van der Waals surface area contributed by atoms with Crippen molar-refractivity contribution in [2.45, 2.75) is 57.7 Å². The summed E-state index contributed by atoms with van der Waals surface area (Å²) in [5.41, 5.74) is 2.56. The zero-order valence-electron chi connectivity index (χ0n) is 18.4. The normalized spacial score (nSPS) is 24.7. The number of carbonyl (C=O) groups is 1. The largest absolute Gasteiger partial charge is 0.358 e. The minimum absolute atomic E-state index is 0.00126. The monoisotopic (exact) mass is 398 g/mol. The van der Waals surface area contributed by atoms with E-state index in [2.05, 4.69) is 64.6 Å². The Balaban J connectivity index is 1.56. The number of amides is 1. The third kappa shape index (κ3) is 6.14. The summed E-state index contributed by atoms with van der Waals surface area (Å²) in [6, 6.07) is 11.3. The van der Waals surface area contributed by atoms with Crippen LogP contribution in [0, 0.1) is 0 Å². The van der Waals surface area contributed by atoms with Gasteiger partial charge in [-0.15, -0.1) is 0 Å². The highest BCUT2D eigenvalue weighted by Gasteiger charge is 2.40. The van der Waals surface area contributed by atoms with E-state index in [1.165, 1.54) is 36.9 Å². The minimum Gasteiger partial charge on any atom is -0.358 e. The molecule has 3 rings (SSSR count). The Morgan fingerprint density at radius 3 is 2.59 bits per heavy atom. The SMILES string of the molecule is CCCN1CCC(N2C[C@H](NCC(C)=Cc3ccccc3)C[C@H]2C(=O)NC)CC1. The van der Waals surface area contributed by atoms with Gasteiger partial charge in [0.25, 0.3) is 0 Å². The number of likely N-dealkylation sites (tertiary alicyclic amines) is 2. The van der Waals surface area contributed by atoms with Gasteiger partial charge in [-0.3, -0.25) is 9.69 Å². The van der Waals surface area contributed by atoms with E-state index < -0.39 is 0 Å². The first kappa shape index (κ1) is 22.0. The fourth-order valence-electron chi connectivity index (χ4n) is 4.82. The second-order valence-corrected chi connectivity index (χ2v) is 8.61. The van der Waals surface area contributed by atoms with Crippen molar-refractivity contribution in [3.63, 3.8) is 0 Å². The summed E-state index contributed by atoms with van der Waals surface area (Å²) in [6.07, 6.45) is 6.70. The molecule has 2 atom stereocenters. The molecule has 1 amide bonds. The zero-order chi connectivity index (χ0) is 20.6. The van der Waals surface area contributed by atoms with Gasteiger partial charge in [-0.2, -0.15) is 0 Å². The molecule has 0 bridgehead atoms. The Hall–Kier alpha value is -1.69. The van der Waals surface area contributed by atoms with Gasteiger partial charge in [-0.25, -0.2) is 0 Å². The number of likely N-dealkylation sites (N-methyl/N-ethyl adjacent to an activating group) is 1. The number of nitrogens with one attached hydrogen (secondary N) is 2. The molecular formula is C24H38N4O. The molecule has 0 unspecified atom stereocenters. The van der Waals surface area contributed by atoms with Crippen LogP contribution in [0.4, 0.5) is 0 Å². The summed E-state index contributed by atoms with van der Waals surface area (Å²) >= 11 is 0. The van der Waals surface area contributed by atoms with Gasteiger partial charge in [0.15, 0.2) is 0 Å². The van der Waals surface area contributed by atoms with E-state index in [0.717, 1.165) is 32.6 Å². The van der Waals surface area contributed by atoms with Crippen molar-refractivity contribution in [3.05, 3.63) is 41.5 Å². The van der Waals surface area contributed by atoms with Crippen molar-refractivity contribution in [1.29, 1.82) is 0 Å². The van der Waals surface area contributed by atoms with E-state index in [0.29, 0.717) is 12.1 Å². The second-order valence-electron chi connectivity index (χ2n) is 8.61. The van der Waals surface area contributed by atoms with Crippen molar-refractivity contribution < 1.29 is 4.79 Å². The molecule has 0 radical (unpaired) electrons. The molecule has 160 valence electrons. The maximum Gasteiger partial charge on any atom is 0.237 e. The van der Waals surface area contributed by atoms with Crippen LogP contribution >= 0.6 is 0 Å². The number of piperidine rings is 1. The topological polar surface area (TPSA) is 47.6 Å². The summed E-state index contributed by atoms with van der Waals surface area (Å²) in [7, 11) is 1.76.